The van der Waals surface area contributed by atoms with Gasteiger partial charge < -0.3 is 10.0 Å². The highest BCUT2D eigenvalue weighted by Crippen LogP contribution is 2.06. The van der Waals surface area contributed by atoms with E-state index in [1.54, 1.807) is 0 Å². The average molecular weight is 225 g/mol. The molecule has 72 valence electrons. The SMILES string of the molecule is CN1CCC(O)CC1.Cl.Cl.Cl. The Hall–Kier alpha value is 0.790. The molecule has 0 amide bonds. The minimum absolute atomic E-state index is 0. The maximum atomic E-state index is 9.00. The van der Waals surface area contributed by atoms with E-state index in [0.29, 0.717) is 0 Å². The van der Waals surface area contributed by atoms with Crippen LogP contribution in [-0.2, 0) is 0 Å². The largest absolute Gasteiger partial charge is 0.393 e. The van der Waals surface area contributed by atoms with E-state index in [1.165, 1.54) is 0 Å². The Balaban J connectivity index is -0.000000213. The first-order valence-corrected chi connectivity index (χ1v) is 3.15. The molecule has 1 N–H and O–H groups in total. The number of hydrogen-bond donors (Lipinski definition) is 1. The fourth-order valence-corrected chi connectivity index (χ4v) is 0.995. The van der Waals surface area contributed by atoms with Gasteiger partial charge in [-0.25, -0.2) is 0 Å². The van der Waals surface area contributed by atoms with Crippen molar-refractivity contribution in [2.45, 2.75) is 18.9 Å². The van der Waals surface area contributed by atoms with Gasteiger partial charge in [0.15, 0.2) is 0 Å². The molecular weight excluding hydrogens is 208 g/mol. The summed E-state index contributed by atoms with van der Waals surface area (Å²) in [7, 11) is 2.09. The van der Waals surface area contributed by atoms with Crippen LogP contribution in [0.4, 0.5) is 0 Å². The molecule has 1 rings (SSSR count). The standard InChI is InChI=1S/C6H13NO.3ClH/c1-7-4-2-6(8)3-5-7;;;/h6,8H,2-5H2,1H3;3*1H. The number of aliphatic hydroxyl groups excluding tert-OH is 1. The number of piperidine rings is 1. The Morgan fingerprint density at radius 2 is 1.45 bits per heavy atom. The van der Waals surface area contributed by atoms with Crippen LogP contribution in [0, 0.1) is 0 Å². The first-order valence-electron chi connectivity index (χ1n) is 3.15. The highest BCUT2D eigenvalue weighted by Gasteiger charge is 2.12. The molecule has 1 heterocycles. The summed E-state index contributed by atoms with van der Waals surface area (Å²) < 4.78 is 0. The zero-order valence-corrected chi connectivity index (χ0v) is 8.97. The minimum atomic E-state index is -0.0220. The summed E-state index contributed by atoms with van der Waals surface area (Å²) in [5, 5.41) is 9.00. The van der Waals surface area contributed by atoms with E-state index in [2.05, 4.69) is 11.9 Å². The van der Waals surface area contributed by atoms with Crippen LogP contribution in [0.3, 0.4) is 0 Å². The number of nitrogens with zero attached hydrogens (tertiary/aromatic N) is 1. The van der Waals surface area contributed by atoms with Crippen LogP contribution >= 0.6 is 37.2 Å². The second-order valence-corrected chi connectivity index (χ2v) is 2.53. The summed E-state index contributed by atoms with van der Waals surface area (Å²) >= 11 is 0. The zero-order chi connectivity index (χ0) is 5.98. The predicted molar refractivity (Wildman–Crippen MR) is 54.5 cm³/mol. The van der Waals surface area contributed by atoms with Gasteiger partial charge in [0.05, 0.1) is 6.10 Å². The van der Waals surface area contributed by atoms with Gasteiger partial charge in [0.1, 0.15) is 0 Å². The van der Waals surface area contributed by atoms with Crippen molar-refractivity contribution >= 4 is 37.2 Å². The molecule has 0 atom stereocenters. The summed E-state index contributed by atoms with van der Waals surface area (Å²) in [4.78, 5) is 2.24. The first kappa shape index (κ1) is 17.8. The highest BCUT2D eigenvalue weighted by atomic mass is 35.5. The molecule has 0 saturated carbocycles. The van der Waals surface area contributed by atoms with Crippen molar-refractivity contribution in [2.75, 3.05) is 20.1 Å². The number of hydrogen-bond acceptors (Lipinski definition) is 2. The summed E-state index contributed by atoms with van der Waals surface area (Å²) in [5.74, 6) is 0. The third kappa shape index (κ3) is 7.16. The van der Waals surface area contributed by atoms with E-state index in [9.17, 15) is 0 Å². The normalized spacial score (nSPS) is 19.1. The molecule has 0 bridgehead atoms. The average Bonchev–Trinajstić information content (AvgIpc) is 1.77. The van der Waals surface area contributed by atoms with E-state index in [-0.39, 0.29) is 43.3 Å². The van der Waals surface area contributed by atoms with Crippen molar-refractivity contribution in [3.05, 3.63) is 0 Å². The molecule has 11 heavy (non-hydrogen) atoms. The number of likely N-dealkylation sites (tertiary alicyclic amines) is 1. The molecule has 0 radical (unpaired) electrons. The lowest BCUT2D eigenvalue weighted by molar-refractivity contribution is 0.0943. The molecule has 1 aliphatic heterocycles. The Labute approximate surface area is 86.6 Å². The van der Waals surface area contributed by atoms with Gasteiger partial charge in [0.2, 0.25) is 0 Å². The first-order chi connectivity index (χ1) is 3.79. The van der Waals surface area contributed by atoms with E-state index < -0.39 is 0 Å². The van der Waals surface area contributed by atoms with Gasteiger partial charge in [-0.05, 0) is 19.9 Å². The summed E-state index contributed by atoms with van der Waals surface area (Å²) in [6, 6.07) is 0. The smallest absolute Gasteiger partial charge is 0.0564 e. The van der Waals surface area contributed by atoms with Crippen molar-refractivity contribution in [1.29, 1.82) is 0 Å². The van der Waals surface area contributed by atoms with Gasteiger partial charge in [0, 0.05) is 13.1 Å². The molecule has 0 aromatic heterocycles. The molecule has 0 aliphatic carbocycles. The molecule has 0 spiro atoms. The lowest BCUT2D eigenvalue weighted by Gasteiger charge is -2.25. The van der Waals surface area contributed by atoms with Crippen LogP contribution in [-0.4, -0.2) is 36.2 Å². The van der Waals surface area contributed by atoms with Gasteiger partial charge in [-0.1, -0.05) is 0 Å². The van der Waals surface area contributed by atoms with Crippen LogP contribution in [0.15, 0.2) is 0 Å². The molecule has 2 nitrogen and oxygen atoms in total. The lowest BCUT2D eigenvalue weighted by atomic mass is 10.1. The Kier molecular flexibility index (Phi) is 14.3. The fraction of sp³-hybridized carbons (Fsp3) is 1.00. The Morgan fingerprint density at radius 1 is 1.09 bits per heavy atom. The zero-order valence-electron chi connectivity index (χ0n) is 6.52. The fourth-order valence-electron chi connectivity index (χ4n) is 0.995. The van der Waals surface area contributed by atoms with Gasteiger partial charge in [-0.15, -0.1) is 37.2 Å². The molecule has 1 fully saturated rings. The highest BCUT2D eigenvalue weighted by molar-refractivity contribution is 5.86. The molecule has 0 aromatic rings. The molecule has 0 unspecified atom stereocenters. The van der Waals surface area contributed by atoms with Crippen LogP contribution in [0.1, 0.15) is 12.8 Å². The van der Waals surface area contributed by atoms with Gasteiger partial charge in [-0.2, -0.15) is 0 Å². The quantitative estimate of drug-likeness (QED) is 0.671. The van der Waals surface area contributed by atoms with E-state index in [0.717, 1.165) is 25.9 Å². The monoisotopic (exact) mass is 223 g/mol. The van der Waals surface area contributed by atoms with Crippen LogP contribution in [0.5, 0.6) is 0 Å². The summed E-state index contributed by atoms with van der Waals surface area (Å²) in [6.07, 6.45) is 1.89. The third-order valence-corrected chi connectivity index (χ3v) is 1.69. The Morgan fingerprint density at radius 3 is 1.73 bits per heavy atom. The number of rotatable bonds is 0. The maximum Gasteiger partial charge on any atom is 0.0564 e. The lowest BCUT2D eigenvalue weighted by Crippen LogP contribution is -2.32. The second kappa shape index (κ2) is 8.88. The molecule has 0 aromatic carbocycles. The second-order valence-electron chi connectivity index (χ2n) is 2.53. The van der Waals surface area contributed by atoms with Gasteiger partial charge in [0.25, 0.3) is 0 Å². The molecule has 5 heteroatoms. The van der Waals surface area contributed by atoms with Gasteiger partial charge >= 0.3 is 0 Å². The van der Waals surface area contributed by atoms with E-state index in [1.807, 2.05) is 0 Å². The number of halogens is 3. The summed E-state index contributed by atoms with van der Waals surface area (Å²) in [6.45, 7) is 2.11. The molecule has 1 saturated heterocycles. The predicted octanol–water partition coefficient (Wildman–Crippen LogP) is 1.34. The third-order valence-electron chi connectivity index (χ3n) is 1.69. The maximum absolute atomic E-state index is 9.00. The topological polar surface area (TPSA) is 23.5 Å². The number of aliphatic hydroxyl groups is 1. The van der Waals surface area contributed by atoms with Crippen molar-refractivity contribution in [2.24, 2.45) is 0 Å². The van der Waals surface area contributed by atoms with Crippen LogP contribution < -0.4 is 0 Å². The van der Waals surface area contributed by atoms with E-state index in [4.69, 9.17) is 5.11 Å². The molecular formula is C6H16Cl3NO. The molecule has 1 aliphatic rings. The van der Waals surface area contributed by atoms with Crippen molar-refractivity contribution in [1.82, 2.24) is 4.90 Å². The minimum Gasteiger partial charge on any atom is -0.393 e. The van der Waals surface area contributed by atoms with Crippen molar-refractivity contribution in [3.8, 4) is 0 Å². The van der Waals surface area contributed by atoms with Crippen LogP contribution in [0.2, 0.25) is 0 Å². The summed E-state index contributed by atoms with van der Waals surface area (Å²) in [5.41, 5.74) is 0. The van der Waals surface area contributed by atoms with Gasteiger partial charge in [-0.3, -0.25) is 0 Å². The van der Waals surface area contributed by atoms with Crippen molar-refractivity contribution < 1.29 is 5.11 Å². The van der Waals surface area contributed by atoms with Crippen LogP contribution in [0.25, 0.3) is 0 Å². The Bertz CT molecular complexity index is 66.2. The van der Waals surface area contributed by atoms with E-state index >= 15 is 0 Å². The van der Waals surface area contributed by atoms with Crippen molar-refractivity contribution in [3.63, 3.8) is 0 Å².